The molecule has 0 fully saturated rings. The maximum absolute atomic E-state index is 6.47. The molecule has 28 heavy (non-hydrogen) atoms. The number of halogens is 1. The monoisotopic (exact) mass is 387 g/mol. The first-order valence-electron chi connectivity index (χ1n) is 9.19. The second-order valence-electron chi connectivity index (χ2n) is 6.81. The van der Waals surface area contributed by atoms with E-state index in [4.69, 9.17) is 16.6 Å². The van der Waals surface area contributed by atoms with E-state index >= 15 is 0 Å². The number of rotatable bonds is 3. The predicted molar refractivity (Wildman–Crippen MR) is 113 cm³/mol. The highest BCUT2D eigenvalue weighted by molar-refractivity contribution is 6.33. The van der Waals surface area contributed by atoms with Crippen LogP contribution in [0.2, 0.25) is 5.02 Å². The van der Waals surface area contributed by atoms with Crippen LogP contribution in [0.25, 0.3) is 38.9 Å². The number of hydrogen-bond donors (Lipinski definition) is 0. The molecule has 4 heterocycles. The van der Waals surface area contributed by atoms with Crippen molar-refractivity contribution >= 4 is 28.2 Å². The third kappa shape index (κ3) is 2.59. The summed E-state index contributed by atoms with van der Waals surface area (Å²) in [6.45, 7) is 2.14. The Morgan fingerprint density at radius 2 is 1.93 bits per heavy atom. The molecule has 138 valence electrons. The maximum atomic E-state index is 6.47. The first-order valence-corrected chi connectivity index (χ1v) is 9.57. The van der Waals surface area contributed by atoms with Gasteiger partial charge in [0.05, 0.1) is 28.1 Å². The zero-order valence-electron chi connectivity index (χ0n) is 15.6. The summed E-state index contributed by atoms with van der Waals surface area (Å²) in [7, 11) is 1.91. The maximum Gasteiger partial charge on any atom is 0.147 e. The van der Waals surface area contributed by atoms with Gasteiger partial charge in [0.1, 0.15) is 5.65 Å². The molecule has 5 aromatic rings. The van der Waals surface area contributed by atoms with E-state index in [0.29, 0.717) is 5.02 Å². The lowest BCUT2D eigenvalue weighted by atomic mass is 10.1. The first kappa shape index (κ1) is 17.0. The predicted octanol–water partition coefficient (Wildman–Crippen LogP) is 5.17. The van der Waals surface area contributed by atoms with Gasteiger partial charge < -0.3 is 4.40 Å². The number of benzene rings is 1. The second kappa shape index (κ2) is 6.46. The van der Waals surface area contributed by atoms with E-state index in [0.717, 1.165) is 51.0 Å². The van der Waals surface area contributed by atoms with Gasteiger partial charge in [0.15, 0.2) is 0 Å². The number of hydrogen-bond acceptors (Lipinski definition) is 3. The fourth-order valence-corrected chi connectivity index (χ4v) is 3.91. The molecule has 0 spiro atoms. The SMILES string of the molecule is CCc1c(-c2ccccc2Cl)nc2c3cc(-c4cnn(C)c4)cnc3ccn12. The van der Waals surface area contributed by atoms with Crippen LogP contribution in [0.1, 0.15) is 12.6 Å². The summed E-state index contributed by atoms with van der Waals surface area (Å²) in [6, 6.07) is 12.0. The van der Waals surface area contributed by atoms with Crippen molar-refractivity contribution in [3.05, 3.63) is 71.9 Å². The Bertz CT molecular complexity index is 1330. The van der Waals surface area contributed by atoms with Crippen molar-refractivity contribution in [3.63, 3.8) is 0 Å². The van der Waals surface area contributed by atoms with Crippen LogP contribution >= 0.6 is 11.6 Å². The fourth-order valence-electron chi connectivity index (χ4n) is 3.68. The van der Waals surface area contributed by atoms with Crippen LogP contribution in [0, 0.1) is 0 Å². The Balaban J connectivity index is 1.81. The summed E-state index contributed by atoms with van der Waals surface area (Å²) in [5.41, 5.74) is 6.88. The highest BCUT2D eigenvalue weighted by atomic mass is 35.5. The molecule has 0 aliphatic rings. The number of imidazole rings is 1. The van der Waals surface area contributed by atoms with Crippen molar-refractivity contribution in [2.45, 2.75) is 13.3 Å². The van der Waals surface area contributed by atoms with E-state index in [2.05, 4.69) is 27.5 Å². The van der Waals surface area contributed by atoms with Gasteiger partial charge in [-0.3, -0.25) is 9.67 Å². The molecule has 0 N–H and O–H groups in total. The van der Waals surface area contributed by atoms with Crippen LogP contribution < -0.4 is 0 Å². The fraction of sp³-hybridized carbons (Fsp3) is 0.136. The Hall–Kier alpha value is -3.18. The van der Waals surface area contributed by atoms with Crippen LogP contribution in [0.4, 0.5) is 0 Å². The van der Waals surface area contributed by atoms with Gasteiger partial charge in [-0.15, -0.1) is 0 Å². The van der Waals surface area contributed by atoms with Gasteiger partial charge in [0, 0.05) is 47.7 Å². The van der Waals surface area contributed by atoms with Gasteiger partial charge in [-0.2, -0.15) is 5.10 Å². The minimum absolute atomic E-state index is 0.707. The molecule has 0 atom stereocenters. The summed E-state index contributed by atoms with van der Waals surface area (Å²) in [5.74, 6) is 0. The first-order chi connectivity index (χ1) is 13.7. The Kier molecular flexibility index (Phi) is 3.91. The van der Waals surface area contributed by atoms with E-state index in [1.807, 2.05) is 62.2 Å². The normalized spacial score (nSPS) is 11.5. The van der Waals surface area contributed by atoms with Crippen LogP contribution in [0.15, 0.2) is 61.2 Å². The average molecular weight is 388 g/mol. The van der Waals surface area contributed by atoms with Crippen molar-refractivity contribution in [1.82, 2.24) is 24.1 Å². The van der Waals surface area contributed by atoms with E-state index in [9.17, 15) is 0 Å². The van der Waals surface area contributed by atoms with Gasteiger partial charge in [-0.1, -0.05) is 36.7 Å². The molecule has 4 aromatic heterocycles. The number of pyridine rings is 2. The highest BCUT2D eigenvalue weighted by Crippen LogP contribution is 2.33. The molecule has 5 rings (SSSR count). The van der Waals surface area contributed by atoms with Crippen LogP contribution in [-0.2, 0) is 13.5 Å². The van der Waals surface area contributed by atoms with Gasteiger partial charge in [-0.25, -0.2) is 4.98 Å². The molecular formula is C22H18ClN5. The lowest BCUT2D eigenvalue weighted by Gasteiger charge is -2.05. The molecule has 0 aliphatic heterocycles. The van der Waals surface area contributed by atoms with Crippen molar-refractivity contribution < 1.29 is 0 Å². The van der Waals surface area contributed by atoms with Crippen molar-refractivity contribution in [2.75, 3.05) is 0 Å². The third-order valence-corrected chi connectivity index (χ3v) is 5.38. The molecule has 0 amide bonds. The lowest BCUT2D eigenvalue weighted by Crippen LogP contribution is -1.94. The highest BCUT2D eigenvalue weighted by Gasteiger charge is 2.17. The van der Waals surface area contributed by atoms with E-state index in [1.54, 1.807) is 4.68 Å². The van der Waals surface area contributed by atoms with Gasteiger partial charge >= 0.3 is 0 Å². The zero-order valence-corrected chi connectivity index (χ0v) is 16.4. The number of aryl methyl sites for hydroxylation is 2. The minimum atomic E-state index is 0.707. The molecule has 5 nitrogen and oxygen atoms in total. The molecule has 0 radical (unpaired) electrons. The molecule has 0 unspecified atom stereocenters. The van der Waals surface area contributed by atoms with Gasteiger partial charge in [0.2, 0.25) is 0 Å². The summed E-state index contributed by atoms with van der Waals surface area (Å²) in [4.78, 5) is 9.66. The van der Waals surface area contributed by atoms with Gasteiger partial charge in [-0.05, 0) is 24.6 Å². The average Bonchev–Trinajstić information content (AvgIpc) is 3.31. The number of nitrogens with zero attached hydrogens (tertiary/aromatic N) is 5. The van der Waals surface area contributed by atoms with E-state index in [1.165, 1.54) is 0 Å². The zero-order chi connectivity index (χ0) is 19.3. The van der Waals surface area contributed by atoms with Crippen molar-refractivity contribution in [2.24, 2.45) is 7.05 Å². The Morgan fingerprint density at radius 3 is 2.68 bits per heavy atom. The van der Waals surface area contributed by atoms with Crippen molar-refractivity contribution in [3.8, 4) is 22.4 Å². The minimum Gasteiger partial charge on any atom is -0.303 e. The lowest BCUT2D eigenvalue weighted by molar-refractivity contribution is 0.768. The molecule has 0 aliphatic carbocycles. The Labute approximate surface area is 167 Å². The third-order valence-electron chi connectivity index (χ3n) is 5.05. The number of fused-ring (bicyclic) bond motifs is 3. The van der Waals surface area contributed by atoms with Crippen molar-refractivity contribution in [1.29, 1.82) is 0 Å². The van der Waals surface area contributed by atoms with Gasteiger partial charge in [0.25, 0.3) is 0 Å². The largest absolute Gasteiger partial charge is 0.303 e. The second-order valence-corrected chi connectivity index (χ2v) is 7.22. The standard InChI is InChI=1S/C22H18ClN5/c1-3-20-21(16-6-4-5-7-18(16)23)26-22-17-10-14(15-12-25-27(2)13-15)11-24-19(17)8-9-28(20)22/h4-13H,3H2,1-2H3. The molecule has 0 saturated carbocycles. The summed E-state index contributed by atoms with van der Waals surface area (Å²) in [5, 5.41) is 5.99. The number of aromatic nitrogens is 5. The molecule has 0 bridgehead atoms. The molecule has 0 saturated heterocycles. The van der Waals surface area contributed by atoms with E-state index in [-0.39, 0.29) is 0 Å². The van der Waals surface area contributed by atoms with E-state index < -0.39 is 0 Å². The molecule has 6 heteroatoms. The van der Waals surface area contributed by atoms with Crippen LogP contribution in [0.3, 0.4) is 0 Å². The topological polar surface area (TPSA) is 48.0 Å². The quantitative estimate of drug-likeness (QED) is 0.429. The van der Waals surface area contributed by atoms with Crippen LogP contribution in [0.5, 0.6) is 0 Å². The molecular weight excluding hydrogens is 370 g/mol. The molecule has 1 aromatic carbocycles. The van der Waals surface area contributed by atoms with Crippen LogP contribution in [-0.4, -0.2) is 24.1 Å². The summed E-state index contributed by atoms with van der Waals surface area (Å²) < 4.78 is 3.94. The summed E-state index contributed by atoms with van der Waals surface area (Å²) in [6.07, 6.45) is 8.61. The smallest absolute Gasteiger partial charge is 0.147 e. The summed E-state index contributed by atoms with van der Waals surface area (Å²) >= 11 is 6.47. The Morgan fingerprint density at radius 1 is 1.07 bits per heavy atom.